The van der Waals surface area contributed by atoms with E-state index in [2.05, 4.69) is 18.3 Å². The third-order valence-corrected chi connectivity index (χ3v) is 8.27. The Labute approximate surface area is 251 Å². The van der Waals surface area contributed by atoms with E-state index in [4.69, 9.17) is 14.2 Å². The zero-order valence-corrected chi connectivity index (χ0v) is 25.0. The van der Waals surface area contributed by atoms with Crippen LogP contribution in [0.5, 0.6) is 0 Å². The largest absolute Gasteiger partial charge is 0.453 e. The van der Waals surface area contributed by atoms with E-state index < -0.39 is 18.4 Å². The van der Waals surface area contributed by atoms with Gasteiger partial charge in [0.2, 0.25) is 0 Å². The van der Waals surface area contributed by atoms with E-state index in [9.17, 15) is 19.8 Å². The van der Waals surface area contributed by atoms with Crippen molar-refractivity contribution in [1.82, 2.24) is 5.32 Å². The van der Waals surface area contributed by atoms with Crippen molar-refractivity contribution in [3.8, 4) is 11.1 Å². The lowest BCUT2D eigenvalue weighted by atomic mass is 9.91. The van der Waals surface area contributed by atoms with E-state index in [1.807, 2.05) is 66.7 Å². The van der Waals surface area contributed by atoms with Crippen molar-refractivity contribution in [2.45, 2.75) is 58.5 Å². The summed E-state index contributed by atoms with van der Waals surface area (Å²) in [6.45, 7) is 5.35. The second kappa shape index (κ2) is 15.3. The number of benzene rings is 3. The molecule has 3 aromatic carbocycles. The van der Waals surface area contributed by atoms with Crippen LogP contribution in [-0.4, -0.2) is 52.4 Å². The molecular weight excluding hydrogens is 554 g/mol. The second-order valence-electron chi connectivity index (χ2n) is 10.4. The molecule has 1 saturated heterocycles. The summed E-state index contributed by atoms with van der Waals surface area (Å²) in [6.07, 6.45) is -1.74. The van der Waals surface area contributed by atoms with Crippen molar-refractivity contribution < 1.29 is 34.0 Å². The summed E-state index contributed by atoms with van der Waals surface area (Å²) >= 11 is 1.66. The van der Waals surface area contributed by atoms with E-state index in [0.29, 0.717) is 12.3 Å². The van der Waals surface area contributed by atoms with Gasteiger partial charge in [-0.05, 0) is 46.9 Å². The predicted molar refractivity (Wildman–Crippen MR) is 162 cm³/mol. The first-order chi connectivity index (χ1) is 20.3. The Morgan fingerprint density at radius 1 is 0.952 bits per heavy atom. The molecule has 0 aliphatic carbocycles. The van der Waals surface area contributed by atoms with Gasteiger partial charge in [-0.2, -0.15) is 11.8 Å². The molecule has 9 heteroatoms. The molecule has 1 aliphatic rings. The maximum Gasteiger partial charge on any atom is 0.303 e. The van der Waals surface area contributed by atoms with Gasteiger partial charge in [-0.3, -0.25) is 9.59 Å². The lowest BCUT2D eigenvalue weighted by Crippen LogP contribution is -2.38. The van der Waals surface area contributed by atoms with Crippen LogP contribution in [0.2, 0.25) is 0 Å². The maximum atomic E-state index is 12.3. The van der Waals surface area contributed by atoms with Crippen LogP contribution >= 0.6 is 11.8 Å². The molecule has 1 aliphatic heterocycles. The maximum absolute atomic E-state index is 12.3. The number of rotatable bonds is 12. The smallest absolute Gasteiger partial charge is 0.303 e. The molecule has 3 N–H and O–H groups in total. The molecule has 1 amide bonds. The number of hydrogen-bond acceptors (Lipinski definition) is 8. The highest BCUT2D eigenvalue weighted by molar-refractivity contribution is 7.99. The number of carbonyl (C=O) groups excluding carboxylic acids is 2. The highest BCUT2D eigenvalue weighted by atomic mass is 32.2. The van der Waals surface area contributed by atoms with Gasteiger partial charge in [0.05, 0.1) is 25.4 Å². The number of amides is 1. The minimum atomic E-state index is -0.858. The highest BCUT2D eigenvalue weighted by Gasteiger charge is 2.38. The van der Waals surface area contributed by atoms with Crippen LogP contribution in [-0.2, 0) is 37.0 Å². The van der Waals surface area contributed by atoms with Crippen LogP contribution in [0.1, 0.15) is 55.4 Å². The number of esters is 1. The summed E-state index contributed by atoms with van der Waals surface area (Å²) in [5.41, 5.74) is 5.63. The monoisotopic (exact) mass is 593 g/mol. The summed E-state index contributed by atoms with van der Waals surface area (Å²) in [5.74, 6) is 0.594. The van der Waals surface area contributed by atoms with Gasteiger partial charge in [0.15, 0.2) is 12.4 Å². The Morgan fingerprint density at radius 2 is 1.67 bits per heavy atom. The number of carbonyl (C=O) groups is 2. The molecule has 224 valence electrons. The molecule has 42 heavy (non-hydrogen) atoms. The molecule has 0 spiro atoms. The van der Waals surface area contributed by atoms with Crippen LogP contribution in [0, 0.1) is 5.92 Å². The van der Waals surface area contributed by atoms with E-state index in [1.165, 1.54) is 6.92 Å². The normalized spacial score (nSPS) is 21.0. The average Bonchev–Trinajstić information content (AvgIpc) is 3.00. The summed E-state index contributed by atoms with van der Waals surface area (Å²) in [6, 6.07) is 23.8. The number of nitrogens with one attached hydrogen (secondary N) is 1. The Kier molecular flexibility index (Phi) is 11.6. The molecule has 3 aromatic rings. The van der Waals surface area contributed by atoms with Gasteiger partial charge in [0.1, 0.15) is 0 Å². The molecule has 0 unspecified atom stereocenters. The summed E-state index contributed by atoms with van der Waals surface area (Å²) in [5, 5.41) is 21.6. The second-order valence-corrected chi connectivity index (χ2v) is 11.6. The quantitative estimate of drug-likeness (QED) is 0.200. The van der Waals surface area contributed by atoms with Crippen molar-refractivity contribution in [1.29, 1.82) is 0 Å². The van der Waals surface area contributed by atoms with Gasteiger partial charge < -0.3 is 29.7 Å². The Morgan fingerprint density at radius 3 is 2.36 bits per heavy atom. The molecule has 5 atom stereocenters. The number of ether oxygens (including phenoxy) is 3. The molecule has 0 radical (unpaired) electrons. The van der Waals surface area contributed by atoms with Gasteiger partial charge in [-0.1, -0.05) is 67.6 Å². The fourth-order valence-corrected chi connectivity index (χ4v) is 5.85. The standard InChI is InChI=1S/C33H39NO7S/c1-21-30(20-42-15-14-35)40-33(41-31(21)26-12-10-24(19-36)11-13-26)29-9-5-8-28(17-29)27-7-4-6-25(16-27)18-34-32(38)22(2)39-23(3)37/h4-13,16-17,21-22,30-31,33,35-36H,14-15,18-20H2,1-3H3,(H,34,38)/t21-,22+,30+,31+,33+/m1/s1. The van der Waals surface area contributed by atoms with Crippen molar-refractivity contribution in [2.75, 3.05) is 18.1 Å². The van der Waals surface area contributed by atoms with E-state index in [0.717, 1.165) is 39.1 Å². The molecular formula is C33H39NO7S. The average molecular weight is 594 g/mol. The van der Waals surface area contributed by atoms with E-state index in [1.54, 1.807) is 18.7 Å². The third kappa shape index (κ3) is 8.42. The van der Waals surface area contributed by atoms with Crippen molar-refractivity contribution in [3.63, 3.8) is 0 Å². The first kappa shape index (κ1) is 31.7. The van der Waals surface area contributed by atoms with Crippen molar-refractivity contribution in [3.05, 3.63) is 95.1 Å². The van der Waals surface area contributed by atoms with Gasteiger partial charge in [-0.25, -0.2) is 0 Å². The minimum absolute atomic E-state index is 0.0126. The fraction of sp³-hybridized carbons (Fsp3) is 0.394. The van der Waals surface area contributed by atoms with Crippen LogP contribution in [0.25, 0.3) is 11.1 Å². The summed E-state index contributed by atoms with van der Waals surface area (Å²) in [4.78, 5) is 23.4. The zero-order chi connectivity index (χ0) is 30.1. The topological polar surface area (TPSA) is 114 Å². The molecule has 0 bridgehead atoms. The molecule has 4 rings (SSSR count). The molecule has 0 saturated carbocycles. The van der Waals surface area contributed by atoms with Gasteiger partial charge in [0.25, 0.3) is 5.91 Å². The fourth-order valence-electron chi connectivity index (χ4n) is 4.93. The van der Waals surface area contributed by atoms with Crippen LogP contribution in [0.15, 0.2) is 72.8 Å². The third-order valence-electron chi connectivity index (χ3n) is 7.24. The zero-order valence-electron chi connectivity index (χ0n) is 24.2. The first-order valence-electron chi connectivity index (χ1n) is 14.1. The minimum Gasteiger partial charge on any atom is -0.453 e. The number of hydrogen-bond donors (Lipinski definition) is 3. The van der Waals surface area contributed by atoms with Gasteiger partial charge in [-0.15, -0.1) is 0 Å². The Bertz CT molecular complexity index is 1330. The van der Waals surface area contributed by atoms with Crippen LogP contribution < -0.4 is 5.32 Å². The van der Waals surface area contributed by atoms with E-state index in [-0.39, 0.29) is 37.2 Å². The Balaban J connectivity index is 1.53. The molecule has 1 fully saturated rings. The van der Waals surface area contributed by atoms with Crippen LogP contribution in [0.4, 0.5) is 0 Å². The summed E-state index contributed by atoms with van der Waals surface area (Å²) in [7, 11) is 0. The van der Waals surface area contributed by atoms with Gasteiger partial charge in [0, 0.05) is 36.5 Å². The van der Waals surface area contributed by atoms with E-state index >= 15 is 0 Å². The molecule has 8 nitrogen and oxygen atoms in total. The lowest BCUT2D eigenvalue weighted by molar-refractivity contribution is -0.268. The van der Waals surface area contributed by atoms with Crippen molar-refractivity contribution >= 4 is 23.6 Å². The predicted octanol–water partition coefficient (Wildman–Crippen LogP) is 4.93. The Hall–Kier alpha value is -3.21. The van der Waals surface area contributed by atoms with Crippen molar-refractivity contribution in [2.24, 2.45) is 5.92 Å². The first-order valence-corrected chi connectivity index (χ1v) is 15.3. The number of thioether (sulfide) groups is 1. The van der Waals surface area contributed by atoms with Gasteiger partial charge >= 0.3 is 5.97 Å². The van der Waals surface area contributed by atoms with Crippen LogP contribution in [0.3, 0.4) is 0 Å². The summed E-state index contributed by atoms with van der Waals surface area (Å²) < 4.78 is 18.0. The molecule has 0 aromatic heterocycles. The highest BCUT2D eigenvalue weighted by Crippen LogP contribution is 2.43. The SMILES string of the molecule is CC(=O)O[C@@H](C)C(=O)NCc1cccc(-c2cccc([C@H]3O[C@@H](CSCCO)[C@@H](C)[C@@H](c4ccc(CO)cc4)O3)c2)c1. The molecule has 1 heterocycles. The lowest BCUT2D eigenvalue weighted by Gasteiger charge is -2.41. The number of aliphatic hydroxyl groups excluding tert-OH is 2. The number of aliphatic hydroxyl groups is 2.